The highest BCUT2D eigenvalue weighted by atomic mass is 16.5. The zero-order valence-electron chi connectivity index (χ0n) is 9.95. The second kappa shape index (κ2) is 4.62. The van der Waals surface area contributed by atoms with E-state index in [1.165, 1.54) is 0 Å². The van der Waals surface area contributed by atoms with Gasteiger partial charge in [-0.2, -0.15) is 0 Å². The summed E-state index contributed by atoms with van der Waals surface area (Å²) in [5.74, 6) is 0.797. The minimum atomic E-state index is -0.141. The predicted molar refractivity (Wildman–Crippen MR) is 61.8 cm³/mol. The number of hydrogen-bond donors (Lipinski definition) is 1. The highest BCUT2D eigenvalue weighted by molar-refractivity contribution is 5.21. The summed E-state index contributed by atoms with van der Waals surface area (Å²) < 4.78 is 5.78. The van der Waals surface area contributed by atoms with Gasteiger partial charge in [-0.1, -0.05) is 6.92 Å². The molecule has 0 fully saturated rings. The fourth-order valence-corrected chi connectivity index (χ4v) is 1.11. The summed E-state index contributed by atoms with van der Waals surface area (Å²) in [5.41, 5.74) is 6.46. The fourth-order valence-electron chi connectivity index (χ4n) is 1.11. The van der Waals surface area contributed by atoms with Crippen LogP contribution in [0.4, 0.5) is 0 Å². The topological polar surface area (TPSA) is 48.1 Å². The number of nitrogens with two attached hydrogens (primary N) is 1. The van der Waals surface area contributed by atoms with E-state index in [1.807, 2.05) is 19.1 Å². The Morgan fingerprint density at radius 2 is 2.13 bits per heavy atom. The minimum Gasteiger partial charge on any atom is -0.486 e. The third kappa shape index (κ3) is 3.51. The van der Waals surface area contributed by atoms with Gasteiger partial charge in [0, 0.05) is 6.04 Å². The van der Waals surface area contributed by atoms with Gasteiger partial charge < -0.3 is 10.5 Å². The van der Waals surface area contributed by atoms with Gasteiger partial charge in [-0.05, 0) is 39.3 Å². The summed E-state index contributed by atoms with van der Waals surface area (Å²) in [7, 11) is 0. The quantitative estimate of drug-likeness (QED) is 0.827. The molecule has 1 heterocycles. The van der Waals surface area contributed by atoms with Crippen LogP contribution in [0.3, 0.4) is 0 Å². The second-order valence-electron chi connectivity index (χ2n) is 4.42. The number of rotatable bonds is 4. The highest BCUT2D eigenvalue weighted by Gasteiger charge is 2.16. The van der Waals surface area contributed by atoms with E-state index < -0.39 is 0 Å². The van der Waals surface area contributed by atoms with Crippen LogP contribution in [0.5, 0.6) is 5.75 Å². The summed E-state index contributed by atoms with van der Waals surface area (Å²) in [6.07, 6.45) is 2.69. The van der Waals surface area contributed by atoms with E-state index in [4.69, 9.17) is 10.5 Å². The lowest BCUT2D eigenvalue weighted by Gasteiger charge is -2.24. The maximum Gasteiger partial charge on any atom is 0.138 e. The van der Waals surface area contributed by atoms with Crippen LogP contribution in [0.15, 0.2) is 18.3 Å². The SMILES string of the molecule is CCC(C)(C)Oc1ccc(C(C)N)nc1. The Labute approximate surface area is 91.7 Å². The molecule has 0 spiro atoms. The van der Waals surface area contributed by atoms with Crippen molar-refractivity contribution >= 4 is 0 Å². The van der Waals surface area contributed by atoms with Gasteiger partial charge in [0.25, 0.3) is 0 Å². The van der Waals surface area contributed by atoms with Crippen LogP contribution in [0.25, 0.3) is 0 Å². The minimum absolute atomic E-state index is 0.0294. The molecular weight excluding hydrogens is 188 g/mol. The maximum absolute atomic E-state index is 5.78. The number of ether oxygens (including phenoxy) is 1. The fraction of sp³-hybridized carbons (Fsp3) is 0.583. The molecule has 1 rings (SSSR count). The Hall–Kier alpha value is -1.09. The van der Waals surface area contributed by atoms with Crippen molar-refractivity contribution in [3.05, 3.63) is 24.0 Å². The van der Waals surface area contributed by atoms with Crippen molar-refractivity contribution in [3.63, 3.8) is 0 Å². The van der Waals surface area contributed by atoms with Crippen molar-refractivity contribution in [1.29, 1.82) is 0 Å². The molecule has 0 aromatic carbocycles. The summed E-state index contributed by atoms with van der Waals surface area (Å²) in [6, 6.07) is 3.80. The molecule has 3 heteroatoms. The van der Waals surface area contributed by atoms with Gasteiger partial charge in [-0.3, -0.25) is 4.98 Å². The maximum atomic E-state index is 5.78. The van der Waals surface area contributed by atoms with Crippen LogP contribution in [0.2, 0.25) is 0 Å². The second-order valence-corrected chi connectivity index (χ2v) is 4.42. The molecule has 0 aliphatic carbocycles. The largest absolute Gasteiger partial charge is 0.486 e. The molecule has 0 amide bonds. The van der Waals surface area contributed by atoms with Gasteiger partial charge in [0.2, 0.25) is 0 Å². The smallest absolute Gasteiger partial charge is 0.138 e. The Kier molecular flexibility index (Phi) is 3.69. The summed E-state index contributed by atoms with van der Waals surface area (Å²) in [5, 5.41) is 0. The van der Waals surface area contributed by atoms with Crippen molar-refractivity contribution in [3.8, 4) is 5.75 Å². The normalized spacial score (nSPS) is 13.7. The van der Waals surface area contributed by atoms with Gasteiger partial charge >= 0.3 is 0 Å². The standard InChI is InChI=1S/C12H20N2O/c1-5-12(3,4)15-10-6-7-11(9(2)13)14-8-10/h6-9H,5,13H2,1-4H3. The summed E-state index contributed by atoms with van der Waals surface area (Å²) >= 11 is 0. The lowest BCUT2D eigenvalue weighted by Crippen LogP contribution is -2.26. The summed E-state index contributed by atoms with van der Waals surface area (Å²) in [4.78, 5) is 4.25. The molecule has 0 radical (unpaired) electrons. The van der Waals surface area contributed by atoms with E-state index in [-0.39, 0.29) is 11.6 Å². The average Bonchev–Trinajstić information content (AvgIpc) is 2.18. The highest BCUT2D eigenvalue weighted by Crippen LogP contribution is 2.20. The third-order valence-electron chi connectivity index (χ3n) is 2.47. The van der Waals surface area contributed by atoms with Crippen LogP contribution in [0.1, 0.15) is 45.9 Å². The molecule has 1 aromatic heterocycles. The predicted octanol–water partition coefficient (Wildman–Crippen LogP) is 2.67. The molecule has 15 heavy (non-hydrogen) atoms. The summed E-state index contributed by atoms with van der Waals surface area (Å²) in [6.45, 7) is 8.14. The number of aromatic nitrogens is 1. The van der Waals surface area contributed by atoms with Crippen molar-refractivity contribution in [2.24, 2.45) is 5.73 Å². The van der Waals surface area contributed by atoms with Crippen LogP contribution < -0.4 is 10.5 Å². The lowest BCUT2D eigenvalue weighted by molar-refractivity contribution is 0.105. The van der Waals surface area contributed by atoms with Crippen LogP contribution in [-0.2, 0) is 0 Å². The van der Waals surface area contributed by atoms with Crippen LogP contribution in [0, 0.1) is 0 Å². The van der Waals surface area contributed by atoms with E-state index >= 15 is 0 Å². The van der Waals surface area contributed by atoms with E-state index in [0.29, 0.717) is 0 Å². The monoisotopic (exact) mass is 208 g/mol. The molecule has 0 bridgehead atoms. The van der Waals surface area contributed by atoms with Gasteiger partial charge in [-0.25, -0.2) is 0 Å². The van der Waals surface area contributed by atoms with Gasteiger partial charge in [-0.15, -0.1) is 0 Å². The van der Waals surface area contributed by atoms with Gasteiger partial charge in [0.1, 0.15) is 11.4 Å². The molecule has 2 N–H and O–H groups in total. The van der Waals surface area contributed by atoms with Crippen molar-refractivity contribution in [2.75, 3.05) is 0 Å². The molecule has 0 saturated heterocycles. The number of nitrogens with zero attached hydrogens (tertiary/aromatic N) is 1. The van der Waals surface area contributed by atoms with Crippen LogP contribution >= 0.6 is 0 Å². The first-order valence-electron chi connectivity index (χ1n) is 5.35. The van der Waals surface area contributed by atoms with E-state index in [2.05, 4.69) is 25.8 Å². The Bertz CT molecular complexity index is 304. The molecule has 1 atom stereocenters. The number of pyridine rings is 1. The van der Waals surface area contributed by atoms with Crippen molar-refractivity contribution in [2.45, 2.75) is 45.8 Å². The lowest BCUT2D eigenvalue weighted by atomic mass is 10.1. The zero-order valence-corrected chi connectivity index (χ0v) is 9.95. The number of hydrogen-bond acceptors (Lipinski definition) is 3. The van der Waals surface area contributed by atoms with Gasteiger partial charge in [0.15, 0.2) is 0 Å². The Balaban J connectivity index is 2.73. The molecule has 0 aliphatic heterocycles. The first-order chi connectivity index (χ1) is 6.94. The van der Waals surface area contributed by atoms with E-state index in [9.17, 15) is 0 Å². The molecular formula is C12H20N2O. The first kappa shape index (κ1) is 12.0. The molecule has 1 aromatic rings. The average molecular weight is 208 g/mol. The Morgan fingerprint density at radius 3 is 2.53 bits per heavy atom. The molecule has 0 saturated carbocycles. The zero-order chi connectivity index (χ0) is 11.5. The molecule has 3 nitrogen and oxygen atoms in total. The van der Waals surface area contributed by atoms with Crippen molar-refractivity contribution in [1.82, 2.24) is 4.98 Å². The third-order valence-corrected chi connectivity index (χ3v) is 2.47. The first-order valence-corrected chi connectivity index (χ1v) is 5.35. The molecule has 84 valence electrons. The molecule has 1 unspecified atom stereocenters. The van der Waals surface area contributed by atoms with Gasteiger partial charge in [0.05, 0.1) is 11.9 Å². The molecule has 0 aliphatic rings. The Morgan fingerprint density at radius 1 is 1.47 bits per heavy atom. The van der Waals surface area contributed by atoms with Crippen LogP contribution in [-0.4, -0.2) is 10.6 Å². The van der Waals surface area contributed by atoms with Crippen molar-refractivity contribution < 1.29 is 4.74 Å². The van der Waals surface area contributed by atoms with E-state index in [0.717, 1.165) is 17.9 Å². The van der Waals surface area contributed by atoms with E-state index in [1.54, 1.807) is 6.20 Å².